The molecule has 1 fully saturated rings. The Bertz CT molecular complexity index is 545. The number of rotatable bonds is 3. The molecule has 0 saturated heterocycles. The van der Waals surface area contributed by atoms with Crippen molar-refractivity contribution in [3.05, 3.63) is 11.8 Å². The number of hydrogen-bond acceptors (Lipinski definition) is 4. The zero-order valence-electron chi connectivity index (χ0n) is 10.7. The molecule has 0 aromatic carbocycles. The van der Waals surface area contributed by atoms with Gasteiger partial charge in [-0.3, -0.25) is 4.67 Å². The van der Waals surface area contributed by atoms with Crippen LogP contribution < -0.4 is 0 Å². The molecule has 0 bridgehead atoms. The van der Waals surface area contributed by atoms with Crippen molar-refractivity contribution >= 4 is 19.5 Å². The average molecular weight is 317 g/mol. The van der Waals surface area contributed by atoms with E-state index in [1.807, 2.05) is 25.6 Å². The van der Waals surface area contributed by atoms with E-state index in [0.29, 0.717) is 0 Å². The average Bonchev–Trinajstić information content (AvgIpc) is 2.45. The summed E-state index contributed by atoms with van der Waals surface area (Å²) >= 11 is 0. The fourth-order valence-electron chi connectivity index (χ4n) is 3.27. The Balaban J connectivity index is 2.19. The largest absolute Gasteiger partial charge is 0.534 e. The number of allylic oxidation sites excluding steroid dienone is 1. The number of hydrogen-bond donors (Lipinski definition) is 0. The van der Waals surface area contributed by atoms with Crippen LogP contribution in [0.5, 0.6) is 0 Å². The first-order chi connectivity index (χ1) is 8.35. The summed E-state index contributed by atoms with van der Waals surface area (Å²) in [5, 5.41) is 0. The Morgan fingerprint density at radius 3 is 2.32 bits per heavy atom. The normalized spacial score (nSPS) is 38.1. The minimum absolute atomic E-state index is 0.120. The standard InChI is InChI=1S/C10H15F3NO3PS/c1-8-4-6(17-19(15,16)10(11,12)13)5-9(8,2)7(8)14(3)18/h4,7H,5,18H2,1-3H3/t7-,8-,9+/m1/s1. The van der Waals surface area contributed by atoms with E-state index in [9.17, 15) is 21.6 Å². The van der Waals surface area contributed by atoms with Crippen molar-refractivity contribution in [1.82, 2.24) is 4.67 Å². The molecule has 0 aromatic rings. The van der Waals surface area contributed by atoms with Crippen molar-refractivity contribution in [1.29, 1.82) is 0 Å². The van der Waals surface area contributed by atoms with Gasteiger partial charge in [-0.2, -0.15) is 21.6 Å². The summed E-state index contributed by atoms with van der Waals surface area (Å²) in [6.07, 6.45) is 1.68. The lowest BCUT2D eigenvalue weighted by atomic mass is 10.0. The second-order valence-corrected chi connectivity index (χ2v) is 7.89. The highest BCUT2D eigenvalue weighted by Gasteiger charge is 2.74. The third kappa shape index (κ3) is 1.99. The minimum Gasteiger partial charge on any atom is -0.381 e. The zero-order valence-corrected chi connectivity index (χ0v) is 12.6. The maximum absolute atomic E-state index is 12.2. The summed E-state index contributed by atoms with van der Waals surface area (Å²) in [6.45, 7) is 3.79. The van der Waals surface area contributed by atoms with Crippen molar-refractivity contribution in [2.45, 2.75) is 31.8 Å². The van der Waals surface area contributed by atoms with Gasteiger partial charge < -0.3 is 4.18 Å². The summed E-state index contributed by atoms with van der Waals surface area (Å²) < 4.78 is 64.7. The van der Waals surface area contributed by atoms with Gasteiger partial charge in [-0.1, -0.05) is 23.2 Å². The van der Waals surface area contributed by atoms with Gasteiger partial charge in [0.05, 0.1) is 0 Å². The monoisotopic (exact) mass is 317 g/mol. The molecule has 4 atom stereocenters. The van der Waals surface area contributed by atoms with Gasteiger partial charge in [-0.25, -0.2) is 0 Å². The molecule has 9 heteroatoms. The van der Waals surface area contributed by atoms with Crippen LogP contribution in [0.3, 0.4) is 0 Å². The van der Waals surface area contributed by atoms with E-state index in [-0.39, 0.29) is 29.1 Å². The van der Waals surface area contributed by atoms with E-state index in [2.05, 4.69) is 13.6 Å². The van der Waals surface area contributed by atoms with E-state index in [1.165, 1.54) is 6.08 Å². The lowest BCUT2D eigenvalue weighted by molar-refractivity contribution is -0.0524. The van der Waals surface area contributed by atoms with Gasteiger partial charge in [0.15, 0.2) is 0 Å². The van der Waals surface area contributed by atoms with Crippen molar-refractivity contribution in [3.63, 3.8) is 0 Å². The molecule has 2 aliphatic rings. The van der Waals surface area contributed by atoms with E-state index < -0.39 is 15.6 Å². The summed E-state index contributed by atoms with van der Waals surface area (Å²) in [6, 6.07) is 0.144. The molecule has 1 saturated carbocycles. The Hall–Kier alpha value is -0.330. The zero-order chi connectivity index (χ0) is 14.9. The molecular weight excluding hydrogens is 302 g/mol. The lowest BCUT2D eigenvalue weighted by Gasteiger charge is -2.18. The number of halogens is 3. The number of alkyl halides is 3. The fourth-order valence-corrected chi connectivity index (χ4v) is 4.39. The first kappa shape index (κ1) is 15.1. The topological polar surface area (TPSA) is 46.6 Å². The van der Waals surface area contributed by atoms with Crippen molar-refractivity contribution in [3.8, 4) is 0 Å². The predicted molar refractivity (Wildman–Crippen MR) is 66.2 cm³/mol. The highest BCUT2D eigenvalue weighted by Crippen LogP contribution is 2.73. The van der Waals surface area contributed by atoms with Crippen LogP contribution in [-0.4, -0.2) is 31.7 Å². The van der Waals surface area contributed by atoms with Gasteiger partial charge in [-0.15, -0.1) is 0 Å². The van der Waals surface area contributed by atoms with Gasteiger partial charge in [0.2, 0.25) is 0 Å². The SMILES string of the molecule is CN(P)[C@H]1[C@]2(C)CC(OS(=O)(=O)C(F)(F)F)=C[C@]12C. The minimum atomic E-state index is -5.56. The Morgan fingerprint density at radius 2 is 2.00 bits per heavy atom. The summed E-state index contributed by atoms with van der Waals surface area (Å²) in [5.74, 6) is -0.120. The van der Waals surface area contributed by atoms with Crippen LogP contribution in [0, 0.1) is 10.8 Å². The van der Waals surface area contributed by atoms with Gasteiger partial charge in [0, 0.05) is 23.3 Å². The molecule has 0 aromatic heterocycles. The first-order valence-corrected chi connectivity index (χ1v) is 7.48. The second kappa shape index (κ2) is 3.86. The van der Waals surface area contributed by atoms with Crippen LogP contribution >= 0.6 is 9.39 Å². The van der Waals surface area contributed by atoms with Crippen LogP contribution in [-0.2, 0) is 14.3 Å². The third-order valence-corrected chi connectivity index (χ3v) is 5.53. The molecule has 4 nitrogen and oxygen atoms in total. The van der Waals surface area contributed by atoms with Crippen LogP contribution in [0.25, 0.3) is 0 Å². The molecular formula is C10H15F3NO3PS. The van der Waals surface area contributed by atoms with Crippen molar-refractivity contribution in [2.75, 3.05) is 7.05 Å². The predicted octanol–water partition coefficient (Wildman–Crippen LogP) is 2.26. The van der Waals surface area contributed by atoms with Gasteiger partial charge in [-0.05, 0) is 13.1 Å². The fraction of sp³-hybridized carbons (Fsp3) is 0.800. The summed E-state index contributed by atoms with van der Waals surface area (Å²) in [7, 11) is -1.19. The van der Waals surface area contributed by atoms with Crippen molar-refractivity contribution < 1.29 is 25.8 Å². The maximum atomic E-state index is 12.2. The first-order valence-electron chi connectivity index (χ1n) is 5.55. The van der Waals surface area contributed by atoms with E-state index in [0.717, 1.165) is 0 Å². The lowest BCUT2D eigenvalue weighted by Crippen LogP contribution is -2.26. The highest BCUT2D eigenvalue weighted by molar-refractivity contribution is 7.87. The van der Waals surface area contributed by atoms with Crippen LogP contribution in [0.4, 0.5) is 13.2 Å². The molecule has 0 N–H and O–H groups in total. The molecule has 0 spiro atoms. The third-order valence-electron chi connectivity index (χ3n) is 4.23. The van der Waals surface area contributed by atoms with Gasteiger partial charge in [0.25, 0.3) is 0 Å². The van der Waals surface area contributed by atoms with Gasteiger partial charge >= 0.3 is 15.6 Å². The second-order valence-electron chi connectivity index (χ2n) is 5.54. The Labute approximate surface area is 112 Å². The quantitative estimate of drug-likeness (QED) is 0.455. The molecule has 110 valence electrons. The maximum Gasteiger partial charge on any atom is 0.534 e. The molecule has 2 aliphatic carbocycles. The number of nitrogens with zero attached hydrogens (tertiary/aromatic N) is 1. The van der Waals surface area contributed by atoms with Gasteiger partial charge in [0.1, 0.15) is 5.76 Å². The van der Waals surface area contributed by atoms with E-state index in [4.69, 9.17) is 0 Å². The Morgan fingerprint density at radius 1 is 1.47 bits per heavy atom. The highest BCUT2D eigenvalue weighted by atomic mass is 32.2. The van der Waals surface area contributed by atoms with Crippen molar-refractivity contribution in [2.24, 2.45) is 10.8 Å². The van der Waals surface area contributed by atoms with Crippen LogP contribution in [0.1, 0.15) is 20.3 Å². The molecule has 19 heavy (non-hydrogen) atoms. The molecule has 0 aliphatic heterocycles. The number of fused-ring (bicyclic) bond motifs is 1. The molecule has 2 rings (SSSR count). The Kier molecular flexibility index (Phi) is 3.06. The smallest absolute Gasteiger partial charge is 0.381 e. The summed E-state index contributed by atoms with van der Waals surface area (Å²) in [4.78, 5) is 0. The van der Waals surface area contributed by atoms with Crippen LogP contribution in [0.2, 0.25) is 0 Å². The van der Waals surface area contributed by atoms with E-state index in [1.54, 1.807) is 0 Å². The molecule has 0 amide bonds. The molecule has 0 radical (unpaired) electrons. The summed E-state index contributed by atoms with van der Waals surface area (Å²) in [5.41, 5.74) is -6.04. The molecule has 1 unspecified atom stereocenters. The van der Waals surface area contributed by atoms with E-state index >= 15 is 0 Å². The van der Waals surface area contributed by atoms with Crippen LogP contribution in [0.15, 0.2) is 11.8 Å². The molecule has 0 heterocycles.